The maximum absolute atomic E-state index is 11.7. The van der Waals surface area contributed by atoms with Gasteiger partial charge < -0.3 is 10.6 Å². The first-order valence-corrected chi connectivity index (χ1v) is 5.54. The van der Waals surface area contributed by atoms with Crippen LogP contribution in [0.25, 0.3) is 0 Å². The summed E-state index contributed by atoms with van der Waals surface area (Å²) in [6.07, 6.45) is 2.29. The molecular weight excluding hydrogens is 204 g/mol. The Morgan fingerprint density at radius 1 is 1.62 bits per heavy atom. The number of hydrogen-bond donors (Lipinski definition) is 1. The summed E-state index contributed by atoms with van der Waals surface area (Å²) < 4.78 is 1.83. The first-order chi connectivity index (χ1) is 7.50. The van der Waals surface area contributed by atoms with Crippen LogP contribution in [0, 0.1) is 6.92 Å². The highest BCUT2D eigenvalue weighted by Crippen LogP contribution is 2.26. The number of carbonyl (C=O) groups is 1. The molecule has 2 unspecified atom stereocenters. The minimum absolute atomic E-state index is 0.0214. The molecule has 2 heterocycles. The van der Waals surface area contributed by atoms with Gasteiger partial charge in [-0.3, -0.25) is 9.48 Å². The maximum atomic E-state index is 11.7. The Bertz CT molecular complexity index is 412. The SMILES string of the molecule is Cc1c(C(C)N2CC(N)CC2=O)cnn1C. The molecular formula is C11H18N4O. The van der Waals surface area contributed by atoms with Crippen LogP contribution in [0.2, 0.25) is 0 Å². The van der Waals surface area contributed by atoms with Crippen molar-refractivity contribution in [3.63, 3.8) is 0 Å². The number of hydrogen-bond acceptors (Lipinski definition) is 3. The first kappa shape index (κ1) is 11.1. The number of likely N-dealkylation sites (tertiary alicyclic amines) is 1. The molecule has 1 aromatic rings. The zero-order valence-electron chi connectivity index (χ0n) is 9.97. The molecule has 2 atom stereocenters. The van der Waals surface area contributed by atoms with Crippen LogP contribution < -0.4 is 5.73 Å². The van der Waals surface area contributed by atoms with E-state index < -0.39 is 0 Å². The standard InChI is InChI=1S/C11H18N4O/c1-7-10(5-13-14(7)3)8(2)15-6-9(12)4-11(15)16/h5,8-9H,4,6,12H2,1-3H3. The molecule has 0 saturated carbocycles. The van der Waals surface area contributed by atoms with Crippen molar-refractivity contribution in [1.82, 2.24) is 14.7 Å². The summed E-state index contributed by atoms with van der Waals surface area (Å²) in [6, 6.07) is 0.0432. The molecule has 1 aliphatic heterocycles. The van der Waals surface area contributed by atoms with Crippen molar-refractivity contribution in [3.05, 3.63) is 17.5 Å². The summed E-state index contributed by atoms with van der Waals surface area (Å²) >= 11 is 0. The fraction of sp³-hybridized carbons (Fsp3) is 0.636. The predicted octanol–water partition coefficient (Wildman–Crippen LogP) is 0.349. The topological polar surface area (TPSA) is 64.2 Å². The summed E-state index contributed by atoms with van der Waals surface area (Å²) in [4.78, 5) is 13.6. The number of rotatable bonds is 2. The molecule has 0 radical (unpaired) electrons. The Kier molecular flexibility index (Phi) is 2.71. The van der Waals surface area contributed by atoms with Gasteiger partial charge in [0.1, 0.15) is 0 Å². The van der Waals surface area contributed by atoms with Gasteiger partial charge in [0.2, 0.25) is 5.91 Å². The van der Waals surface area contributed by atoms with Crippen molar-refractivity contribution >= 4 is 5.91 Å². The molecule has 0 aromatic carbocycles. The molecule has 0 bridgehead atoms. The summed E-state index contributed by atoms with van der Waals surface area (Å²) in [7, 11) is 1.91. The van der Waals surface area contributed by atoms with Crippen molar-refractivity contribution in [2.45, 2.75) is 32.4 Å². The third kappa shape index (κ3) is 1.71. The Morgan fingerprint density at radius 3 is 2.75 bits per heavy atom. The zero-order chi connectivity index (χ0) is 11.9. The molecule has 2 rings (SSSR count). The second kappa shape index (κ2) is 3.90. The van der Waals surface area contributed by atoms with E-state index in [0.717, 1.165) is 11.3 Å². The molecule has 5 heteroatoms. The smallest absolute Gasteiger partial charge is 0.224 e. The minimum Gasteiger partial charge on any atom is -0.334 e. The van der Waals surface area contributed by atoms with Crippen LogP contribution in [0.15, 0.2) is 6.20 Å². The van der Waals surface area contributed by atoms with Crippen LogP contribution >= 0.6 is 0 Å². The summed E-state index contributed by atoms with van der Waals surface area (Å²) in [6.45, 7) is 4.69. The van der Waals surface area contributed by atoms with Crippen LogP contribution in [-0.4, -0.2) is 33.2 Å². The van der Waals surface area contributed by atoms with Gasteiger partial charge in [0.25, 0.3) is 0 Å². The molecule has 88 valence electrons. The lowest BCUT2D eigenvalue weighted by Crippen LogP contribution is -2.31. The monoisotopic (exact) mass is 222 g/mol. The maximum Gasteiger partial charge on any atom is 0.224 e. The third-order valence-electron chi connectivity index (χ3n) is 3.38. The predicted molar refractivity (Wildman–Crippen MR) is 60.7 cm³/mol. The van der Waals surface area contributed by atoms with Gasteiger partial charge in [0, 0.05) is 37.3 Å². The van der Waals surface area contributed by atoms with Crippen LogP contribution in [0.5, 0.6) is 0 Å². The number of aryl methyl sites for hydroxylation is 1. The fourth-order valence-corrected chi connectivity index (χ4v) is 2.23. The molecule has 1 aromatic heterocycles. The molecule has 1 saturated heterocycles. The number of amides is 1. The van der Waals surface area contributed by atoms with Crippen molar-refractivity contribution in [3.8, 4) is 0 Å². The molecule has 16 heavy (non-hydrogen) atoms. The first-order valence-electron chi connectivity index (χ1n) is 5.54. The highest BCUT2D eigenvalue weighted by Gasteiger charge is 2.32. The Labute approximate surface area is 95.2 Å². The highest BCUT2D eigenvalue weighted by atomic mass is 16.2. The van der Waals surface area contributed by atoms with E-state index in [0.29, 0.717) is 13.0 Å². The van der Waals surface area contributed by atoms with Crippen LogP contribution in [0.1, 0.15) is 30.6 Å². The molecule has 1 fully saturated rings. The molecule has 5 nitrogen and oxygen atoms in total. The lowest BCUT2D eigenvalue weighted by molar-refractivity contribution is -0.129. The normalized spacial score (nSPS) is 22.9. The van der Waals surface area contributed by atoms with Crippen LogP contribution in [0.3, 0.4) is 0 Å². The molecule has 0 aliphatic carbocycles. The van der Waals surface area contributed by atoms with Crippen molar-refractivity contribution in [1.29, 1.82) is 0 Å². The molecule has 1 aliphatic rings. The average molecular weight is 222 g/mol. The minimum atomic E-state index is -0.0214. The van der Waals surface area contributed by atoms with Gasteiger partial charge in [-0.25, -0.2) is 0 Å². The van der Waals surface area contributed by atoms with Gasteiger partial charge in [0.15, 0.2) is 0 Å². The second-order valence-electron chi connectivity index (χ2n) is 4.50. The van der Waals surface area contributed by atoms with Gasteiger partial charge in [-0.15, -0.1) is 0 Å². The van der Waals surface area contributed by atoms with Gasteiger partial charge >= 0.3 is 0 Å². The van der Waals surface area contributed by atoms with E-state index in [2.05, 4.69) is 5.10 Å². The Morgan fingerprint density at radius 2 is 2.31 bits per heavy atom. The van der Waals surface area contributed by atoms with Crippen molar-refractivity contribution < 1.29 is 4.79 Å². The number of carbonyl (C=O) groups excluding carboxylic acids is 1. The van der Waals surface area contributed by atoms with Crippen molar-refractivity contribution in [2.75, 3.05) is 6.54 Å². The summed E-state index contributed by atoms with van der Waals surface area (Å²) in [5, 5.41) is 4.20. The van der Waals surface area contributed by atoms with E-state index in [9.17, 15) is 4.79 Å². The second-order valence-corrected chi connectivity index (χ2v) is 4.50. The number of nitrogens with two attached hydrogens (primary N) is 1. The highest BCUT2D eigenvalue weighted by molar-refractivity contribution is 5.79. The summed E-state index contributed by atoms with van der Waals surface area (Å²) in [5.41, 5.74) is 7.99. The fourth-order valence-electron chi connectivity index (χ4n) is 2.23. The Balaban J connectivity index is 2.22. The van der Waals surface area contributed by atoms with E-state index in [-0.39, 0.29) is 18.0 Å². The lowest BCUT2D eigenvalue weighted by atomic mass is 10.1. The van der Waals surface area contributed by atoms with Crippen LogP contribution in [0.4, 0.5) is 0 Å². The van der Waals surface area contributed by atoms with E-state index in [1.165, 1.54) is 0 Å². The molecule has 0 spiro atoms. The lowest BCUT2D eigenvalue weighted by Gasteiger charge is -2.24. The van der Waals surface area contributed by atoms with E-state index in [1.54, 1.807) is 0 Å². The number of aromatic nitrogens is 2. The van der Waals surface area contributed by atoms with E-state index in [4.69, 9.17) is 5.73 Å². The van der Waals surface area contributed by atoms with Gasteiger partial charge in [-0.1, -0.05) is 0 Å². The average Bonchev–Trinajstić information content (AvgIpc) is 2.71. The molecule has 2 N–H and O–H groups in total. The largest absolute Gasteiger partial charge is 0.334 e. The van der Waals surface area contributed by atoms with Gasteiger partial charge in [0.05, 0.1) is 12.2 Å². The van der Waals surface area contributed by atoms with Crippen LogP contribution in [-0.2, 0) is 11.8 Å². The number of nitrogens with zero attached hydrogens (tertiary/aromatic N) is 3. The van der Waals surface area contributed by atoms with Gasteiger partial charge in [-0.2, -0.15) is 5.10 Å². The van der Waals surface area contributed by atoms with Crippen molar-refractivity contribution in [2.24, 2.45) is 12.8 Å². The van der Waals surface area contributed by atoms with E-state index in [1.807, 2.05) is 36.7 Å². The Hall–Kier alpha value is -1.36. The molecule has 1 amide bonds. The quantitative estimate of drug-likeness (QED) is 0.785. The third-order valence-corrected chi connectivity index (χ3v) is 3.38. The van der Waals surface area contributed by atoms with E-state index >= 15 is 0 Å². The zero-order valence-corrected chi connectivity index (χ0v) is 9.97. The van der Waals surface area contributed by atoms with Gasteiger partial charge in [-0.05, 0) is 13.8 Å². The summed E-state index contributed by atoms with van der Waals surface area (Å²) in [5.74, 6) is 0.142.